The number of nitrogens with zero attached hydrogens (tertiary/aromatic N) is 3. The van der Waals surface area contributed by atoms with Gasteiger partial charge in [0, 0.05) is 43.7 Å². The lowest BCUT2D eigenvalue weighted by Gasteiger charge is -2.38. The lowest BCUT2D eigenvalue weighted by Crippen LogP contribution is -2.45. The number of aromatic nitrogens is 1. The van der Waals surface area contributed by atoms with E-state index in [-0.39, 0.29) is 6.61 Å². The Balaban J connectivity index is 1.53. The molecule has 0 saturated carbocycles. The van der Waals surface area contributed by atoms with Crippen molar-refractivity contribution in [2.75, 3.05) is 50.8 Å². The zero-order valence-electron chi connectivity index (χ0n) is 14.7. The van der Waals surface area contributed by atoms with Gasteiger partial charge in [0.15, 0.2) is 0 Å². The summed E-state index contributed by atoms with van der Waals surface area (Å²) in [5.74, 6) is 1.62. The largest absolute Gasteiger partial charge is 0.392 e. The first-order valence-electron chi connectivity index (χ1n) is 9.38. The molecule has 1 atom stereocenters. The number of anilines is 1. The lowest BCUT2D eigenvalue weighted by molar-refractivity contribution is 0.0296. The Morgan fingerprint density at radius 3 is 2.84 bits per heavy atom. The van der Waals surface area contributed by atoms with Gasteiger partial charge >= 0.3 is 0 Å². The number of fused-ring (bicyclic) bond motifs is 1. The Hall–Kier alpha value is -1.69. The first-order chi connectivity index (χ1) is 12.3. The second-order valence-corrected chi connectivity index (χ2v) is 7.19. The summed E-state index contributed by atoms with van der Waals surface area (Å²) in [5, 5.41) is 10.9. The van der Waals surface area contributed by atoms with Gasteiger partial charge in [0.25, 0.3) is 0 Å². The molecule has 2 aromatic rings. The van der Waals surface area contributed by atoms with Crippen molar-refractivity contribution < 1.29 is 9.84 Å². The molecule has 2 aliphatic rings. The molecule has 1 aromatic carbocycles. The number of benzene rings is 1. The van der Waals surface area contributed by atoms with Gasteiger partial charge in [-0.2, -0.15) is 0 Å². The highest BCUT2D eigenvalue weighted by Crippen LogP contribution is 2.28. The van der Waals surface area contributed by atoms with Gasteiger partial charge in [-0.3, -0.25) is 4.90 Å². The third-order valence-electron chi connectivity index (χ3n) is 5.39. The molecule has 0 bridgehead atoms. The summed E-state index contributed by atoms with van der Waals surface area (Å²) in [6, 6.07) is 10.2. The Morgan fingerprint density at radius 1 is 1.16 bits per heavy atom. The van der Waals surface area contributed by atoms with Crippen LogP contribution in [0.15, 0.2) is 30.3 Å². The molecule has 134 valence electrons. The first kappa shape index (κ1) is 16.8. The van der Waals surface area contributed by atoms with Gasteiger partial charge in [-0.25, -0.2) is 4.98 Å². The number of morpholine rings is 1. The van der Waals surface area contributed by atoms with Crippen LogP contribution >= 0.6 is 0 Å². The first-order valence-corrected chi connectivity index (χ1v) is 9.38. The molecule has 5 nitrogen and oxygen atoms in total. The van der Waals surface area contributed by atoms with Crippen molar-refractivity contribution in [1.29, 1.82) is 0 Å². The highest BCUT2D eigenvalue weighted by molar-refractivity contribution is 5.81. The topological polar surface area (TPSA) is 48.8 Å². The average Bonchev–Trinajstić information content (AvgIpc) is 2.68. The number of aliphatic hydroxyl groups is 1. The van der Waals surface area contributed by atoms with Gasteiger partial charge in [0.2, 0.25) is 0 Å². The summed E-state index contributed by atoms with van der Waals surface area (Å²) >= 11 is 0. The van der Waals surface area contributed by atoms with Crippen LogP contribution in [0.5, 0.6) is 0 Å². The zero-order valence-corrected chi connectivity index (χ0v) is 14.7. The van der Waals surface area contributed by atoms with Crippen molar-refractivity contribution >= 4 is 16.7 Å². The molecule has 25 heavy (non-hydrogen) atoms. The van der Waals surface area contributed by atoms with Gasteiger partial charge in [-0.15, -0.1) is 0 Å². The molecule has 2 aliphatic heterocycles. The molecule has 3 heterocycles. The van der Waals surface area contributed by atoms with Crippen LogP contribution in [-0.2, 0) is 11.3 Å². The predicted octanol–water partition coefficient (Wildman–Crippen LogP) is 2.28. The third-order valence-corrected chi connectivity index (χ3v) is 5.39. The molecule has 2 fully saturated rings. The lowest BCUT2D eigenvalue weighted by atomic mass is 9.96. The molecular formula is C20H27N3O2. The van der Waals surface area contributed by atoms with Crippen molar-refractivity contribution in [3.05, 3.63) is 35.9 Å². The summed E-state index contributed by atoms with van der Waals surface area (Å²) < 4.78 is 5.46. The Labute approximate surface area is 149 Å². The van der Waals surface area contributed by atoms with Crippen LogP contribution in [0.2, 0.25) is 0 Å². The van der Waals surface area contributed by atoms with E-state index in [4.69, 9.17) is 9.72 Å². The van der Waals surface area contributed by atoms with Gasteiger partial charge in [0.05, 0.1) is 25.3 Å². The number of para-hydroxylation sites is 1. The summed E-state index contributed by atoms with van der Waals surface area (Å²) in [7, 11) is 0. The van der Waals surface area contributed by atoms with E-state index < -0.39 is 0 Å². The molecule has 0 amide bonds. The van der Waals surface area contributed by atoms with Crippen molar-refractivity contribution in [3.63, 3.8) is 0 Å². The molecular weight excluding hydrogens is 314 g/mol. The van der Waals surface area contributed by atoms with E-state index in [0.717, 1.165) is 68.2 Å². The van der Waals surface area contributed by atoms with Crippen LogP contribution in [0.4, 0.5) is 5.82 Å². The zero-order chi connectivity index (χ0) is 17.1. The van der Waals surface area contributed by atoms with E-state index in [2.05, 4.69) is 28.0 Å². The van der Waals surface area contributed by atoms with Crippen molar-refractivity contribution in [2.45, 2.75) is 19.4 Å². The maximum absolute atomic E-state index is 9.85. The van der Waals surface area contributed by atoms with Gasteiger partial charge < -0.3 is 14.7 Å². The van der Waals surface area contributed by atoms with Crippen LogP contribution in [0.3, 0.4) is 0 Å². The van der Waals surface area contributed by atoms with Crippen molar-refractivity contribution in [3.8, 4) is 0 Å². The van der Waals surface area contributed by atoms with Crippen LogP contribution in [0, 0.1) is 5.92 Å². The number of hydrogen-bond donors (Lipinski definition) is 1. The number of aliphatic hydroxyl groups excluding tert-OH is 1. The van der Waals surface area contributed by atoms with Crippen LogP contribution in [0.25, 0.3) is 10.9 Å². The van der Waals surface area contributed by atoms with Crippen molar-refractivity contribution in [1.82, 2.24) is 9.88 Å². The van der Waals surface area contributed by atoms with E-state index >= 15 is 0 Å². The molecule has 1 aromatic heterocycles. The molecule has 2 saturated heterocycles. The molecule has 1 N–H and O–H groups in total. The average molecular weight is 341 g/mol. The standard InChI is InChI=1S/C20H27N3O2/c24-15-18-12-17-5-1-2-6-19(17)21-20(18)23-7-3-4-16(14-23)13-22-8-10-25-11-9-22/h1-2,5-6,12,16,24H,3-4,7-11,13-15H2. The Bertz CT molecular complexity index is 715. The van der Waals surface area contributed by atoms with E-state index in [0.29, 0.717) is 5.92 Å². The minimum absolute atomic E-state index is 0.0395. The van der Waals surface area contributed by atoms with Crippen molar-refractivity contribution in [2.24, 2.45) is 5.92 Å². The smallest absolute Gasteiger partial charge is 0.134 e. The fourth-order valence-electron chi connectivity index (χ4n) is 4.10. The predicted molar refractivity (Wildman–Crippen MR) is 99.9 cm³/mol. The SMILES string of the molecule is OCc1cc2ccccc2nc1N1CCCC(CN2CCOCC2)C1. The number of rotatable bonds is 4. The maximum atomic E-state index is 9.85. The minimum atomic E-state index is 0.0395. The van der Waals surface area contributed by atoms with Crippen LogP contribution < -0.4 is 4.90 Å². The molecule has 1 unspecified atom stereocenters. The number of ether oxygens (including phenoxy) is 1. The fourth-order valence-corrected chi connectivity index (χ4v) is 4.10. The van der Waals surface area contributed by atoms with Gasteiger partial charge in [-0.05, 0) is 30.9 Å². The van der Waals surface area contributed by atoms with E-state index in [9.17, 15) is 5.11 Å². The molecule has 4 rings (SSSR count). The quantitative estimate of drug-likeness (QED) is 0.924. The van der Waals surface area contributed by atoms with E-state index in [1.165, 1.54) is 12.8 Å². The molecule has 0 spiro atoms. The van der Waals surface area contributed by atoms with E-state index in [1.807, 2.05) is 12.1 Å². The molecule has 5 heteroatoms. The summed E-state index contributed by atoms with van der Waals surface area (Å²) in [4.78, 5) is 9.79. The summed E-state index contributed by atoms with van der Waals surface area (Å²) in [6.07, 6.45) is 2.46. The van der Waals surface area contributed by atoms with Gasteiger partial charge in [-0.1, -0.05) is 18.2 Å². The van der Waals surface area contributed by atoms with Crippen LogP contribution in [-0.4, -0.2) is 60.9 Å². The molecule has 0 radical (unpaired) electrons. The van der Waals surface area contributed by atoms with E-state index in [1.54, 1.807) is 0 Å². The Kier molecular flexibility index (Phi) is 5.15. The maximum Gasteiger partial charge on any atom is 0.134 e. The number of hydrogen-bond acceptors (Lipinski definition) is 5. The summed E-state index contributed by atoms with van der Waals surface area (Å²) in [5.41, 5.74) is 1.94. The second-order valence-electron chi connectivity index (χ2n) is 7.19. The molecule has 0 aliphatic carbocycles. The van der Waals surface area contributed by atoms with Gasteiger partial charge in [0.1, 0.15) is 5.82 Å². The fraction of sp³-hybridized carbons (Fsp3) is 0.550. The second kappa shape index (κ2) is 7.68. The Morgan fingerprint density at radius 2 is 2.00 bits per heavy atom. The number of pyridine rings is 1. The minimum Gasteiger partial charge on any atom is -0.392 e. The highest BCUT2D eigenvalue weighted by Gasteiger charge is 2.25. The highest BCUT2D eigenvalue weighted by atomic mass is 16.5. The third kappa shape index (κ3) is 3.78. The summed E-state index contributed by atoms with van der Waals surface area (Å²) in [6.45, 7) is 7.04. The number of piperidine rings is 1. The monoisotopic (exact) mass is 341 g/mol. The normalized spacial score (nSPS) is 22.4. The van der Waals surface area contributed by atoms with Crippen LogP contribution in [0.1, 0.15) is 18.4 Å².